The molecule has 0 spiro atoms. The summed E-state index contributed by atoms with van der Waals surface area (Å²) in [5, 5.41) is 0. The molecule has 2 heterocycles. The zero-order valence-corrected chi connectivity index (χ0v) is 12.1. The van der Waals surface area contributed by atoms with Crippen molar-refractivity contribution in [1.29, 1.82) is 0 Å². The van der Waals surface area contributed by atoms with Crippen LogP contribution in [0.5, 0.6) is 5.75 Å². The number of rotatable bonds is 4. The molecule has 0 radical (unpaired) electrons. The van der Waals surface area contributed by atoms with Crippen LogP contribution in [0, 0.1) is 0 Å². The van der Waals surface area contributed by atoms with Crippen LogP contribution in [0.4, 0.5) is 0 Å². The van der Waals surface area contributed by atoms with E-state index < -0.39 is 0 Å². The van der Waals surface area contributed by atoms with Gasteiger partial charge in [0.1, 0.15) is 11.9 Å². The van der Waals surface area contributed by atoms with E-state index in [2.05, 4.69) is 34.1 Å². The van der Waals surface area contributed by atoms with Gasteiger partial charge in [-0.1, -0.05) is 18.2 Å². The Kier molecular flexibility index (Phi) is 4.55. The molecule has 1 aromatic carbocycles. The van der Waals surface area contributed by atoms with Crippen molar-refractivity contribution in [3.8, 4) is 5.75 Å². The first-order chi connectivity index (χ1) is 9.85. The summed E-state index contributed by atoms with van der Waals surface area (Å²) in [6, 6.07) is 8.42. The van der Waals surface area contributed by atoms with Crippen LogP contribution in [0.3, 0.4) is 0 Å². The molecule has 0 aromatic heterocycles. The first kappa shape index (κ1) is 13.9. The number of hydrogen-bond donors (Lipinski definition) is 1. The topological polar surface area (TPSA) is 41.7 Å². The molecule has 0 saturated carbocycles. The van der Waals surface area contributed by atoms with Crippen molar-refractivity contribution >= 4 is 0 Å². The third-order valence-electron chi connectivity index (χ3n) is 4.30. The number of para-hydroxylation sites is 1. The molecule has 1 saturated heterocycles. The number of fused-ring (bicyclic) bond motifs is 1. The molecule has 4 heteroatoms. The van der Waals surface area contributed by atoms with Crippen molar-refractivity contribution in [3.05, 3.63) is 29.8 Å². The Balaban J connectivity index is 1.50. The van der Waals surface area contributed by atoms with Gasteiger partial charge in [0.25, 0.3) is 0 Å². The second-order valence-electron chi connectivity index (χ2n) is 5.84. The lowest BCUT2D eigenvalue weighted by Gasteiger charge is -2.24. The average molecular weight is 275 g/mol. The van der Waals surface area contributed by atoms with Crippen molar-refractivity contribution in [2.45, 2.75) is 18.9 Å². The summed E-state index contributed by atoms with van der Waals surface area (Å²) in [7, 11) is 0. The Morgan fingerprint density at radius 3 is 2.75 bits per heavy atom. The highest BCUT2D eigenvalue weighted by molar-refractivity contribution is 5.37. The second kappa shape index (κ2) is 6.57. The zero-order valence-electron chi connectivity index (χ0n) is 12.1. The van der Waals surface area contributed by atoms with Crippen molar-refractivity contribution in [2.75, 3.05) is 45.8 Å². The van der Waals surface area contributed by atoms with Gasteiger partial charge in [-0.15, -0.1) is 0 Å². The fourth-order valence-corrected chi connectivity index (χ4v) is 3.26. The number of nitrogens with two attached hydrogens (primary N) is 1. The van der Waals surface area contributed by atoms with Crippen LogP contribution in [0.1, 0.15) is 12.0 Å². The molecule has 1 aromatic rings. The van der Waals surface area contributed by atoms with E-state index in [0.29, 0.717) is 6.10 Å². The average Bonchev–Trinajstić information content (AvgIpc) is 2.73. The van der Waals surface area contributed by atoms with Crippen LogP contribution >= 0.6 is 0 Å². The predicted molar refractivity (Wildman–Crippen MR) is 81.1 cm³/mol. The Hall–Kier alpha value is -1.10. The van der Waals surface area contributed by atoms with Crippen molar-refractivity contribution in [1.82, 2.24) is 9.80 Å². The highest BCUT2D eigenvalue weighted by Crippen LogP contribution is 2.28. The summed E-state index contributed by atoms with van der Waals surface area (Å²) < 4.78 is 6.05. The lowest BCUT2D eigenvalue weighted by atomic mass is 10.1. The molecule has 1 atom stereocenters. The molecule has 110 valence electrons. The minimum atomic E-state index is 0.327. The van der Waals surface area contributed by atoms with Crippen LogP contribution in [0.25, 0.3) is 0 Å². The summed E-state index contributed by atoms with van der Waals surface area (Å²) in [5.41, 5.74) is 7.01. The van der Waals surface area contributed by atoms with Gasteiger partial charge in [-0.25, -0.2) is 0 Å². The second-order valence-corrected chi connectivity index (χ2v) is 5.84. The highest BCUT2D eigenvalue weighted by Gasteiger charge is 2.25. The SMILES string of the molecule is NCCN1CCCN(CC2Cc3ccccc3O2)CC1. The number of nitrogens with zero attached hydrogens (tertiary/aromatic N) is 2. The first-order valence-corrected chi connectivity index (χ1v) is 7.74. The van der Waals surface area contributed by atoms with Gasteiger partial charge < -0.3 is 15.4 Å². The lowest BCUT2D eigenvalue weighted by molar-refractivity contribution is 0.152. The van der Waals surface area contributed by atoms with E-state index in [0.717, 1.165) is 44.9 Å². The van der Waals surface area contributed by atoms with Crippen molar-refractivity contribution in [2.24, 2.45) is 5.73 Å². The van der Waals surface area contributed by atoms with Gasteiger partial charge in [-0.3, -0.25) is 4.90 Å². The maximum Gasteiger partial charge on any atom is 0.123 e. The van der Waals surface area contributed by atoms with E-state index >= 15 is 0 Å². The van der Waals surface area contributed by atoms with Crippen LogP contribution in [-0.2, 0) is 6.42 Å². The monoisotopic (exact) mass is 275 g/mol. The molecule has 1 fully saturated rings. The Labute approximate surface area is 121 Å². The van der Waals surface area contributed by atoms with E-state index in [-0.39, 0.29) is 0 Å². The van der Waals surface area contributed by atoms with Gasteiger partial charge in [-0.2, -0.15) is 0 Å². The standard InChI is InChI=1S/C16H25N3O/c17-6-9-18-7-3-8-19(11-10-18)13-15-12-14-4-1-2-5-16(14)20-15/h1-2,4-5,15H,3,6-13,17H2. The number of hydrogen-bond acceptors (Lipinski definition) is 4. The molecule has 4 nitrogen and oxygen atoms in total. The van der Waals surface area contributed by atoms with Crippen LogP contribution in [0.15, 0.2) is 24.3 Å². The van der Waals surface area contributed by atoms with Crippen molar-refractivity contribution in [3.63, 3.8) is 0 Å². The summed E-state index contributed by atoms with van der Waals surface area (Å²) in [5.74, 6) is 1.08. The minimum absolute atomic E-state index is 0.327. The summed E-state index contributed by atoms with van der Waals surface area (Å²) in [4.78, 5) is 5.03. The smallest absolute Gasteiger partial charge is 0.123 e. The van der Waals surface area contributed by atoms with Gasteiger partial charge in [0.05, 0.1) is 0 Å². The van der Waals surface area contributed by atoms with Gasteiger partial charge in [0.15, 0.2) is 0 Å². The normalized spacial score (nSPS) is 24.1. The van der Waals surface area contributed by atoms with Crippen molar-refractivity contribution < 1.29 is 4.74 Å². The minimum Gasteiger partial charge on any atom is -0.488 e. The molecular formula is C16H25N3O. The molecule has 0 aliphatic carbocycles. The summed E-state index contributed by atoms with van der Waals surface area (Å²) >= 11 is 0. The van der Waals surface area contributed by atoms with Gasteiger partial charge in [-0.05, 0) is 31.1 Å². The summed E-state index contributed by atoms with van der Waals surface area (Å²) in [6.07, 6.45) is 2.62. The first-order valence-electron chi connectivity index (χ1n) is 7.74. The predicted octanol–water partition coefficient (Wildman–Crippen LogP) is 0.957. The van der Waals surface area contributed by atoms with Gasteiger partial charge in [0.2, 0.25) is 0 Å². The quantitative estimate of drug-likeness (QED) is 0.888. The molecule has 2 aliphatic rings. The molecule has 0 amide bonds. The molecule has 1 unspecified atom stereocenters. The molecule has 2 aliphatic heterocycles. The maximum atomic E-state index is 6.05. The fraction of sp³-hybridized carbons (Fsp3) is 0.625. The Morgan fingerprint density at radius 1 is 1.10 bits per heavy atom. The van der Waals surface area contributed by atoms with Gasteiger partial charge in [0, 0.05) is 39.1 Å². The van der Waals surface area contributed by atoms with E-state index in [9.17, 15) is 0 Å². The van der Waals surface area contributed by atoms with E-state index in [4.69, 9.17) is 10.5 Å². The third kappa shape index (κ3) is 3.32. The highest BCUT2D eigenvalue weighted by atomic mass is 16.5. The summed E-state index contributed by atoms with van der Waals surface area (Å²) in [6.45, 7) is 7.47. The number of ether oxygens (including phenoxy) is 1. The van der Waals surface area contributed by atoms with E-state index in [1.807, 2.05) is 0 Å². The van der Waals surface area contributed by atoms with Crippen LogP contribution in [-0.4, -0.2) is 61.7 Å². The van der Waals surface area contributed by atoms with Crippen LogP contribution in [0.2, 0.25) is 0 Å². The molecule has 3 rings (SSSR count). The molecule has 2 N–H and O–H groups in total. The number of benzene rings is 1. The zero-order chi connectivity index (χ0) is 13.8. The Bertz CT molecular complexity index is 412. The van der Waals surface area contributed by atoms with Crippen LogP contribution < -0.4 is 10.5 Å². The Morgan fingerprint density at radius 2 is 1.90 bits per heavy atom. The van der Waals surface area contributed by atoms with E-state index in [1.165, 1.54) is 25.1 Å². The lowest BCUT2D eigenvalue weighted by Crippen LogP contribution is -2.38. The largest absolute Gasteiger partial charge is 0.488 e. The molecular weight excluding hydrogens is 250 g/mol. The molecule has 0 bridgehead atoms. The maximum absolute atomic E-state index is 6.05. The molecule has 20 heavy (non-hydrogen) atoms. The van der Waals surface area contributed by atoms with E-state index in [1.54, 1.807) is 0 Å². The van der Waals surface area contributed by atoms with Gasteiger partial charge >= 0.3 is 0 Å². The fourth-order valence-electron chi connectivity index (χ4n) is 3.26. The third-order valence-corrected chi connectivity index (χ3v) is 4.30.